The minimum Gasteiger partial charge on any atom is -0.369 e. The fourth-order valence-electron chi connectivity index (χ4n) is 2.17. The van der Waals surface area contributed by atoms with Gasteiger partial charge in [-0.05, 0) is 19.3 Å². The number of ketones is 1. The topological polar surface area (TPSA) is 60.2 Å². The van der Waals surface area contributed by atoms with E-state index in [4.69, 9.17) is 5.73 Å². The number of Topliss-reactive ketones (excluding diaryl/α,β-unsaturated/α-hetero) is 1. The molecule has 104 valence electrons. The average Bonchev–Trinajstić information content (AvgIpc) is 2.20. The van der Waals surface area contributed by atoms with E-state index in [1.54, 1.807) is 0 Å². The predicted octanol–water partition coefficient (Wildman–Crippen LogP) is 2.94. The van der Waals surface area contributed by atoms with Crippen LogP contribution in [0.3, 0.4) is 0 Å². The summed E-state index contributed by atoms with van der Waals surface area (Å²) < 4.78 is 0. The standard InChI is InChI=1S/C15H27NO2/c1-7-8-9-11(14(16)18)12(10(2)3)13(17)15(4,5)6/h7-8,10-12H,9H2,1-6H3,(H2,16,18)/b8-7+/t11-,12+/m0/s1. The smallest absolute Gasteiger partial charge is 0.221 e. The number of carbonyl (C=O) groups excluding carboxylic acids is 2. The molecule has 2 atom stereocenters. The van der Waals surface area contributed by atoms with Crippen LogP contribution in [0.4, 0.5) is 0 Å². The fraction of sp³-hybridized carbons (Fsp3) is 0.733. The van der Waals surface area contributed by atoms with E-state index in [-0.39, 0.29) is 23.5 Å². The van der Waals surface area contributed by atoms with Crippen LogP contribution in [0.2, 0.25) is 0 Å². The highest BCUT2D eigenvalue weighted by Crippen LogP contribution is 2.32. The second kappa shape index (κ2) is 6.72. The Hall–Kier alpha value is -1.12. The molecule has 3 nitrogen and oxygen atoms in total. The molecule has 0 aliphatic carbocycles. The highest BCUT2D eigenvalue weighted by molar-refractivity contribution is 5.91. The normalized spacial score (nSPS) is 15.9. The van der Waals surface area contributed by atoms with Crippen LogP contribution in [-0.4, -0.2) is 11.7 Å². The van der Waals surface area contributed by atoms with Crippen LogP contribution in [0.1, 0.15) is 48.0 Å². The van der Waals surface area contributed by atoms with Crippen molar-refractivity contribution >= 4 is 11.7 Å². The number of nitrogens with two attached hydrogens (primary N) is 1. The van der Waals surface area contributed by atoms with Crippen molar-refractivity contribution < 1.29 is 9.59 Å². The fourth-order valence-corrected chi connectivity index (χ4v) is 2.17. The maximum absolute atomic E-state index is 12.5. The first-order chi connectivity index (χ1) is 8.12. The van der Waals surface area contributed by atoms with E-state index in [1.807, 2.05) is 53.7 Å². The van der Waals surface area contributed by atoms with Crippen molar-refractivity contribution in [1.29, 1.82) is 0 Å². The van der Waals surface area contributed by atoms with Gasteiger partial charge in [-0.15, -0.1) is 0 Å². The van der Waals surface area contributed by atoms with Crippen LogP contribution in [-0.2, 0) is 9.59 Å². The number of allylic oxidation sites excluding steroid dienone is 2. The molecule has 0 saturated heterocycles. The zero-order valence-electron chi connectivity index (χ0n) is 12.5. The van der Waals surface area contributed by atoms with Gasteiger partial charge in [0.15, 0.2) is 0 Å². The van der Waals surface area contributed by atoms with Crippen molar-refractivity contribution in [3.8, 4) is 0 Å². The summed E-state index contributed by atoms with van der Waals surface area (Å²) in [4.78, 5) is 24.1. The molecule has 0 bridgehead atoms. The van der Waals surface area contributed by atoms with Gasteiger partial charge < -0.3 is 5.73 Å². The Morgan fingerprint density at radius 3 is 2.00 bits per heavy atom. The zero-order chi connectivity index (χ0) is 14.5. The van der Waals surface area contributed by atoms with Gasteiger partial charge >= 0.3 is 0 Å². The summed E-state index contributed by atoms with van der Waals surface area (Å²) in [5.74, 6) is -0.874. The van der Waals surface area contributed by atoms with Crippen LogP contribution in [0.5, 0.6) is 0 Å². The third kappa shape index (κ3) is 4.63. The highest BCUT2D eigenvalue weighted by atomic mass is 16.1. The minimum absolute atomic E-state index is 0.111. The Morgan fingerprint density at radius 2 is 1.72 bits per heavy atom. The Morgan fingerprint density at radius 1 is 1.22 bits per heavy atom. The Balaban J connectivity index is 5.29. The van der Waals surface area contributed by atoms with Crippen molar-refractivity contribution in [2.24, 2.45) is 28.9 Å². The van der Waals surface area contributed by atoms with Gasteiger partial charge in [-0.3, -0.25) is 9.59 Å². The van der Waals surface area contributed by atoms with Crippen molar-refractivity contribution in [3.63, 3.8) is 0 Å². The quantitative estimate of drug-likeness (QED) is 0.740. The number of primary amides is 1. The monoisotopic (exact) mass is 253 g/mol. The summed E-state index contributed by atoms with van der Waals surface area (Å²) in [7, 11) is 0. The number of amides is 1. The molecule has 2 N–H and O–H groups in total. The predicted molar refractivity (Wildman–Crippen MR) is 74.9 cm³/mol. The van der Waals surface area contributed by atoms with E-state index >= 15 is 0 Å². The molecular formula is C15H27NO2. The van der Waals surface area contributed by atoms with Gasteiger partial charge in [-0.2, -0.15) is 0 Å². The largest absolute Gasteiger partial charge is 0.369 e. The molecule has 0 aliphatic rings. The lowest BCUT2D eigenvalue weighted by Crippen LogP contribution is -2.41. The molecule has 0 aromatic carbocycles. The van der Waals surface area contributed by atoms with Gasteiger partial charge in [0.05, 0.1) is 5.92 Å². The molecular weight excluding hydrogens is 226 g/mol. The molecule has 0 radical (unpaired) electrons. The number of hydrogen-bond donors (Lipinski definition) is 1. The first-order valence-corrected chi connectivity index (χ1v) is 6.57. The van der Waals surface area contributed by atoms with E-state index in [9.17, 15) is 9.59 Å². The van der Waals surface area contributed by atoms with Gasteiger partial charge in [0, 0.05) is 11.3 Å². The van der Waals surface area contributed by atoms with Crippen molar-refractivity contribution in [3.05, 3.63) is 12.2 Å². The van der Waals surface area contributed by atoms with Crippen molar-refractivity contribution in [2.45, 2.75) is 48.0 Å². The summed E-state index contributed by atoms with van der Waals surface area (Å²) in [6.07, 6.45) is 4.33. The Bertz CT molecular complexity index is 324. The molecule has 1 amide bonds. The van der Waals surface area contributed by atoms with Crippen LogP contribution in [0.25, 0.3) is 0 Å². The van der Waals surface area contributed by atoms with Crippen LogP contribution in [0, 0.1) is 23.2 Å². The van der Waals surface area contributed by atoms with Crippen molar-refractivity contribution in [2.75, 3.05) is 0 Å². The molecule has 0 aliphatic heterocycles. The number of hydrogen-bond acceptors (Lipinski definition) is 2. The third-order valence-corrected chi connectivity index (χ3v) is 3.18. The van der Waals surface area contributed by atoms with Gasteiger partial charge in [0.2, 0.25) is 5.91 Å². The SMILES string of the molecule is C/C=C/C[C@H](C(N)=O)[C@H](C(=O)C(C)(C)C)C(C)C. The van der Waals surface area contributed by atoms with E-state index in [1.165, 1.54) is 0 Å². The minimum atomic E-state index is -0.446. The second-order valence-corrected chi connectivity index (χ2v) is 6.20. The van der Waals surface area contributed by atoms with E-state index in [0.29, 0.717) is 6.42 Å². The lowest BCUT2D eigenvalue weighted by molar-refractivity contribution is -0.138. The summed E-state index contributed by atoms with van der Waals surface area (Å²) in [5, 5.41) is 0. The summed E-state index contributed by atoms with van der Waals surface area (Å²) >= 11 is 0. The Kier molecular flexibility index (Phi) is 6.30. The molecule has 0 rings (SSSR count). The van der Waals surface area contributed by atoms with E-state index in [0.717, 1.165) is 0 Å². The zero-order valence-corrected chi connectivity index (χ0v) is 12.5. The first-order valence-electron chi connectivity index (χ1n) is 6.57. The lowest BCUT2D eigenvalue weighted by atomic mass is 9.71. The highest BCUT2D eigenvalue weighted by Gasteiger charge is 2.38. The second-order valence-electron chi connectivity index (χ2n) is 6.20. The van der Waals surface area contributed by atoms with Gasteiger partial charge in [0.1, 0.15) is 5.78 Å². The van der Waals surface area contributed by atoms with Gasteiger partial charge in [-0.1, -0.05) is 46.8 Å². The average molecular weight is 253 g/mol. The van der Waals surface area contributed by atoms with Gasteiger partial charge in [0.25, 0.3) is 0 Å². The van der Waals surface area contributed by atoms with Crippen molar-refractivity contribution in [1.82, 2.24) is 0 Å². The number of rotatable bonds is 6. The molecule has 3 heteroatoms. The number of carbonyl (C=O) groups is 2. The molecule has 0 unspecified atom stereocenters. The third-order valence-electron chi connectivity index (χ3n) is 3.18. The lowest BCUT2D eigenvalue weighted by Gasteiger charge is -2.31. The maximum atomic E-state index is 12.5. The molecule has 18 heavy (non-hydrogen) atoms. The van der Waals surface area contributed by atoms with Crippen LogP contribution < -0.4 is 5.73 Å². The maximum Gasteiger partial charge on any atom is 0.221 e. The summed E-state index contributed by atoms with van der Waals surface area (Å²) in [5.41, 5.74) is 5.03. The molecule has 0 aromatic rings. The van der Waals surface area contributed by atoms with Gasteiger partial charge in [-0.25, -0.2) is 0 Å². The van der Waals surface area contributed by atoms with E-state index < -0.39 is 11.3 Å². The van der Waals surface area contributed by atoms with Crippen LogP contribution in [0.15, 0.2) is 12.2 Å². The van der Waals surface area contributed by atoms with Crippen LogP contribution >= 0.6 is 0 Å². The molecule has 0 aromatic heterocycles. The molecule has 0 heterocycles. The summed E-state index contributed by atoms with van der Waals surface area (Å²) in [6.45, 7) is 11.5. The van der Waals surface area contributed by atoms with E-state index in [2.05, 4.69) is 0 Å². The molecule has 0 fully saturated rings. The first kappa shape index (κ1) is 16.9. The summed E-state index contributed by atoms with van der Waals surface area (Å²) in [6, 6.07) is 0. The molecule has 0 spiro atoms. The Labute approximate surface area is 111 Å². The molecule has 0 saturated carbocycles.